The van der Waals surface area contributed by atoms with Crippen LogP contribution in [-0.4, -0.2) is 70.1 Å². The smallest absolute Gasteiger partial charge is 0.328 e. The second kappa shape index (κ2) is 14.8. The van der Waals surface area contributed by atoms with Crippen LogP contribution < -0.4 is 27.4 Å². The maximum Gasteiger partial charge on any atom is 0.328 e. The average molecular weight is 508 g/mol. The van der Waals surface area contributed by atoms with Crippen molar-refractivity contribution in [3.8, 4) is 0 Å². The number of hydrogen-bond acceptors (Lipinski definition) is 7. The number of aliphatic hydroxyl groups excluding tert-OH is 1. The van der Waals surface area contributed by atoms with E-state index in [0.717, 1.165) is 5.56 Å². The quantitative estimate of drug-likeness (QED) is 0.152. The Morgan fingerprint density at radius 1 is 0.917 bits per heavy atom. The number of carboxylic acids is 1. The van der Waals surface area contributed by atoms with Gasteiger partial charge in [-0.3, -0.25) is 19.2 Å². The van der Waals surface area contributed by atoms with Crippen molar-refractivity contribution in [1.29, 1.82) is 0 Å². The van der Waals surface area contributed by atoms with Crippen LogP contribution in [0.2, 0.25) is 0 Å². The molecular formula is C24H37N5O7. The fourth-order valence-corrected chi connectivity index (χ4v) is 3.31. The number of aliphatic hydroxyl groups is 1. The highest BCUT2D eigenvalue weighted by Gasteiger charge is 2.32. The summed E-state index contributed by atoms with van der Waals surface area (Å²) in [6.07, 6.45) is -1.20. The number of carboxylic acid groups (broad SMARTS) is 1. The van der Waals surface area contributed by atoms with Crippen LogP contribution in [-0.2, 0) is 30.4 Å². The SMILES string of the molecule is CCC(C)C(N)C(=O)NC(Cc1ccccc1)C(=O)NC(CCC(N)=O)C(=O)NC(C(=O)O)C(C)O. The van der Waals surface area contributed by atoms with E-state index in [9.17, 15) is 34.2 Å². The van der Waals surface area contributed by atoms with Gasteiger partial charge < -0.3 is 37.6 Å². The topological polar surface area (TPSA) is 214 Å². The second-order valence-electron chi connectivity index (χ2n) is 8.79. The highest BCUT2D eigenvalue weighted by Crippen LogP contribution is 2.09. The minimum Gasteiger partial charge on any atom is -0.480 e. The first kappa shape index (κ1) is 30.5. The number of rotatable bonds is 15. The lowest BCUT2D eigenvalue weighted by atomic mass is 9.98. The summed E-state index contributed by atoms with van der Waals surface area (Å²) >= 11 is 0. The number of amides is 4. The van der Waals surface area contributed by atoms with Crippen LogP contribution in [0.4, 0.5) is 0 Å². The Morgan fingerprint density at radius 2 is 1.47 bits per heavy atom. The molecule has 0 fully saturated rings. The summed E-state index contributed by atoms with van der Waals surface area (Å²) in [7, 11) is 0. The van der Waals surface area contributed by atoms with E-state index in [0.29, 0.717) is 6.42 Å². The van der Waals surface area contributed by atoms with Crippen molar-refractivity contribution in [2.24, 2.45) is 17.4 Å². The Balaban J connectivity index is 3.15. The van der Waals surface area contributed by atoms with Gasteiger partial charge in [-0.25, -0.2) is 4.79 Å². The Hall–Kier alpha value is -3.51. The highest BCUT2D eigenvalue weighted by atomic mass is 16.4. The van der Waals surface area contributed by atoms with Crippen molar-refractivity contribution in [2.45, 2.75) is 76.7 Å². The summed E-state index contributed by atoms with van der Waals surface area (Å²) < 4.78 is 0. The molecule has 9 N–H and O–H groups in total. The van der Waals surface area contributed by atoms with Gasteiger partial charge in [-0.15, -0.1) is 0 Å². The summed E-state index contributed by atoms with van der Waals surface area (Å²) in [5, 5.41) is 26.2. The minimum atomic E-state index is -1.64. The van der Waals surface area contributed by atoms with E-state index in [-0.39, 0.29) is 25.2 Å². The third kappa shape index (κ3) is 10.0. The number of aliphatic carboxylic acids is 1. The molecule has 12 nitrogen and oxygen atoms in total. The van der Waals surface area contributed by atoms with Crippen molar-refractivity contribution in [3.63, 3.8) is 0 Å². The fourth-order valence-electron chi connectivity index (χ4n) is 3.31. The first-order valence-corrected chi connectivity index (χ1v) is 11.8. The molecule has 0 aliphatic heterocycles. The molecule has 0 heterocycles. The number of nitrogens with one attached hydrogen (secondary N) is 3. The molecule has 0 spiro atoms. The first-order valence-electron chi connectivity index (χ1n) is 11.8. The molecule has 12 heteroatoms. The summed E-state index contributed by atoms with van der Waals surface area (Å²) in [5.74, 6) is -4.57. The largest absolute Gasteiger partial charge is 0.480 e. The number of carbonyl (C=O) groups excluding carboxylic acids is 4. The molecule has 0 saturated heterocycles. The lowest BCUT2D eigenvalue weighted by molar-refractivity contribution is -0.145. The van der Waals surface area contributed by atoms with Crippen molar-refractivity contribution in [3.05, 3.63) is 35.9 Å². The van der Waals surface area contributed by atoms with Gasteiger partial charge >= 0.3 is 5.97 Å². The lowest BCUT2D eigenvalue weighted by Gasteiger charge is -2.26. The maximum absolute atomic E-state index is 13.2. The summed E-state index contributed by atoms with van der Waals surface area (Å²) in [6, 6.07) is 3.87. The van der Waals surface area contributed by atoms with E-state index in [4.69, 9.17) is 11.5 Å². The Labute approximate surface area is 210 Å². The fraction of sp³-hybridized carbons (Fsp3) is 0.542. The molecular weight excluding hydrogens is 470 g/mol. The van der Waals surface area contributed by atoms with E-state index >= 15 is 0 Å². The Bertz CT molecular complexity index is 909. The van der Waals surface area contributed by atoms with Crippen LogP contribution >= 0.6 is 0 Å². The van der Waals surface area contributed by atoms with E-state index in [2.05, 4.69) is 16.0 Å². The zero-order valence-corrected chi connectivity index (χ0v) is 20.8. The van der Waals surface area contributed by atoms with Gasteiger partial charge in [0.1, 0.15) is 12.1 Å². The number of primary amides is 1. The molecule has 0 saturated carbocycles. The third-order valence-electron chi connectivity index (χ3n) is 5.83. The predicted molar refractivity (Wildman–Crippen MR) is 131 cm³/mol. The van der Waals surface area contributed by atoms with Crippen LogP contribution in [0.5, 0.6) is 0 Å². The van der Waals surface area contributed by atoms with Gasteiger partial charge in [0.2, 0.25) is 23.6 Å². The van der Waals surface area contributed by atoms with Crippen molar-refractivity contribution >= 4 is 29.6 Å². The number of benzene rings is 1. The molecule has 1 aromatic carbocycles. The van der Waals surface area contributed by atoms with Gasteiger partial charge in [0.15, 0.2) is 6.04 Å². The van der Waals surface area contributed by atoms with Crippen LogP contribution in [0.15, 0.2) is 30.3 Å². The van der Waals surface area contributed by atoms with E-state index in [1.165, 1.54) is 6.92 Å². The molecule has 1 rings (SSSR count). The average Bonchev–Trinajstić information content (AvgIpc) is 2.83. The van der Waals surface area contributed by atoms with Gasteiger partial charge in [-0.05, 0) is 24.8 Å². The van der Waals surface area contributed by atoms with Crippen LogP contribution in [0.1, 0.15) is 45.6 Å². The van der Waals surface area contributed by atoms with Gasteiger partial charge in [-0.2, -0.15) is 0 Å². The molecule has 200 valence electrons. The molecule has 1 aromatic rings. The van der Waals surface area contributed by atoms with Crippen LogP contribution in [0.25, 0.3) is 0 Å². The van der Waals surface area contributed by atoms with Crippen molar-refractivity contribution < 1.29 is 34.2 Å². The first-order chi connectivity index (χ1) is 16.9. The third-order valence-corrected chi connectivity index (χ3v) is 5.83. The predicted octanol–water partition coefficient (Wildman–Crippen LogP) is -1.21. The molecule has 4 amide bonds. The molecule has 6 unspecified atom stereocenters. The van der Waals surface area contributed by atoms with Crippen LogP contribution in [0, 0.1) is 5.92 Å². The zero-order chi connectivity index (χ0) is 27.4. The second-order valence-corrected chi connectivity index (χ2v) is 8.79. The van der Waals surface area contributed by atoms with Gasteiger partial charge in [0.05, 0.1) is 12.1 Å². The molecule has 0 bridgehead atoms. The molecule has 0 radical (unpaired) electrons. The summed E-state index contributed by atoms with van der Waals surface area (Å²) in [4.78, 5) is 61.4. The van der Waals surface area contributed by atoms with Gasteiger partial charge in [-0.1, -0.05) is 50.6 Å². The number of nitrogens with two attached hydrogens (primary N) is 2. The monoisotopic (exact) mass is 507 g/mol. The Kier molecular flexibility index (Phi) is 12.5. The van der Waals surface area contributed by atoms with Gasteiger partial charge in [0, 0.05) is 12.8 Å². The number of hydrogen-bond donors (Lipinski definition) is 7. The van der Waals surface area contributed by atoms with E-state index < -0.39 is 59.9 Å². The van der Waals surface area contributed by atoms with E-state index in [1.807, 2.05) is 13.8 Å². The standard InChI is InChI=1S/C24H37N5O7/c1-4-13(2)19(26)23(34)28-17(12-15-8-6-5-7-9-15)22(33)27-16(10-11-18(25)31)21(32)29-20(14(3)30)24(35)36/h5-9,13-14,16-17,19-20,30H,4,10-12,26H2,1-3H3,(H2,25,31)(H,27,33)(H,28,34)(H,29,32)(H,35,36). The van der Waals surface area contributed by atoms with E-state index in [1.54, 1.807) is 30.3 Å². The highest BCUT2D eigenvalue weighted by molar-refractivity contribution is 5.94. The number of carbonyl (C=O) groups is 5. The molecule has 0 aromatic heterocycles. The molecule has 36 heavy (non-hydrogen) atoms. The lowest BCUT2D eigenvalue weighted by Crippen LogP contribution is -2.59. The van der Waals surface area contributed by atoms with Crippen molar-refractivity contribution in [1.82, 2.24) is 16.0 Å². The molecule has 0 aliphatic rings. The van der Waals surface area contributed by atoms with Crippen LogP contribution in [0.3, 0.4) is 0 Å². The minimum absolute atomic E-state index is 0.0845. The van der Waals surface area contributed by atoms with Crippen molar-refractivity contribution in [2.75, 3.05) is 0 Å². The normalized spacial score (nSPS) is 15.9. The Morgan fingerprint density at radius 3 is 1.97 bits per heavy atom. The van der Waals surface area contributed by atoms with Gasteiger partial charge in [0.25, 0.3) is 0 Å². The molecule has 6 atom stereocenters. The summed E-state index contributed by atoms with van der Waals surface area (Å²) in [5.41, 5.74) is 11.9. The zero-order valence-electron chi connectivity index (χ0n) is 20.8. The maximum atomic E-state index is 13.2. The summed E-state index contributed by atoms with van der Waals surface area (Å²) in [6.45, 7) is 4.87. The molecule has 0 aliphatic carbocycles.